The number of aromatic nitrogens is 2. The first-order valence-electron chi connectivity index (χ1n) is 12.0. The van der Waals surface area contributed by atoms with Crippen molar-refractivity contribution in [1.82, 2.24) is 14.9 Å². The molecule has 4 aromatic rings. The minimum atomic E-state index is -3.65. The van der Waals surface area contributed by atoms with Crippen LogP contribution in [0.3, 0.4) is 0 Å². The van der Waals surface area contributed by atoms with Crippen LogP contribution in [0.5, 0.6) is 0 Å². The fourth-order valence-corrected chi connectivity index (χ4v) is 5.75. The van der Waals surface area contributed by atoms with E-state index in [0.29, 0.717) is 16.5 Å². The maximum Gasteiger partial charge on any atom is 0.240 e. The number of rotatable bonds is 11. The third-order valence-corrected chi connectivity index (χ3v) is 7.95. The average molecular weight is 543 g/mol. The van der Waals surface area contributed by atoms with Gasteiger partial charge in [-0.05, 0) is 55.2 Å². The number of unbranched alkanes of at least 4 members (excludes halogenated alkanes) is 2. The van der Waals surface area contributed by atoms with E-state index in [-0.39, 0.29) is 11.4 Å². The van der Waals surface area contributed by atoms with Crippen molar-refractivity contribution in [2.24, 2.45) is 0 Å². The highest BCUT2D eigenvalue weighted by Crippen LogP contribution is 2.33. The van der Waals surface area contributed by atoms with Crippen molar-refractivity contribution in [2.75, 3.05) is 6.54 Å². The summed E-state index contributed by atoms with van der Waals surface area (Å²) in [5, 5.41) is 8.68. The second kappa shape index (κ2) is 12.1. The highest BCUT2D eigenvalue weighted by Gasteiger charge is 2.19. The summed E-state index contributed by atoms with van der Waals surface area (Å²) in [6.45, 7) is 2.38. The molecule has 0 spiro atoms. The lowest BCUT2D eigenvalue weighted by atomic mass is 9.99. The zero-order valence-corrected chi connectivity index (χ0v) is 22.4. The molecule has 1 heterocycles. The molecule has 5 nitrogen and oxygen atoms in total. The maximum absolute atomic E-state index is 13.0. The number of nitrogens with one attached hydrogen (secondary N) is 2. The molecule has 1 aromatic heterocycles. The van der Waals surface area contributed by atoms with Gasteiger partial charge in [0, 0.05) is 33.3 Å². The van der Waals surface area contributed by atoms with Crippen LogP contribution in [0.25, 0.3) is 22.5 Å². The number of aromatic amines is 1. The van der Waals surface area contributed by atoms with Crippen molar-refractivity contribution >= 4 is 33.2 Å². The molecule has 0 aliphatic heterocycles. The average Bonchev–Trinajstić information content (AvgIpc) is 3.28. The number of sulfonamides is 1. The quantitative estimate of drug-likeness (QED) is 0.195. The largest absolute Gasteiger partial charge is 0.277 e. The van der Waals surface area contributed by atoms with E-state index in [1.54, 1.807) is 18.2 Å². The van der Waals surface area contributed by atoms with Gasteiger partial charge in [0.2, 0.25) is 10.0 Å². The van der Waals surface area contributed by atoms with Gasteiger partial charge in [-0.3, -0.25) is 5.10 Å². The Balaban J connectivity index is 1.54. The first-order valence-corrected chi connectivity index (χ1v) is 14.3. The Labute approximate surface area is 222 Å². The second-order valence-corrected chi connectivity index (χ2v) is 11.3. The Morgan fingerprint density at radius 2 is 1.56 bits per heavy atom. The van der Waals surface area contributed by atoms with Crippen LogP contribution in [-0.2, 0) is 22.9 Å². The molecule has 0 unspecified atom stereocenters. The Kier molecular flexibility index (Phi) is 8.86. The van der Waals surface area contributed by atoms with Gasteiger partial charge >= 0.3 is 0 Å². The normalized spacial score (nSPS) is 11.6. The molecule has 0 radical (unpaired) electrons. The van der Waals surface area contributed by atoms with Crippen molar-refractivity contribution in [3.63, 3.8) is 0 Å². The third-order valence-electron chi connectivity index (χ3n) is 6.04. The van der Waals surface area contributed by atoms with E-state index < -0.39 is 10.0 Å². The van der Waals surface area contributed by atoms with E-state index in [9.17, 15) is 8.42 Å². The molecule has 0 bridgehead atoms. The van der Waals surface area contributed by atoms with E-state index in [4.69, 9.17) is 23.2 Å². The van der Waals surface area contributed by atoms with Crippen LogP contribution < -0.4 is 4.72 Å². The standard InChI is InChI=1S/C28H29Cl2N3O2S/c1-2-3-5-8-20-11-13-25(14-12-20)36(34,35)31-16-15-26-27(21-9-6-4-7-10-21)32-33-28(26)22-17-23(29)19-24(30)18-22/h4,6-7,9-14,17-19,31H,2-3,5,8,15-16H2,1H3,(H,32,33). The SMILES string of the molecule is CCCCCc1ccc(S(=O)(=O)NCCc2c(-c3ccccc3)n[nH]c2-c2cc(Cl)cc(Cl)c2)cc1. The molecule has 4 rings (SSSR count). The fourth-order valence-electron chi connectivity index (χ4n) is 4.19. The zero-order valence-electron chi connectivity index (χ0n) is 20.1. The molecule has 0 amide bonds. The van der Waals surface area contributed by atoms with Gasteiger partial charge in [-0.1, -0.05) is 85.4 Å². The first kappa shape index (κ1) is 26.4. The number of benzene rings is 3. The Morgan fingerprint density at radius 3 is 2.22 bits per heavy atom. The number of nitrogens with zero attached hydrogens (tertiary/aromatic N) is 1. The summed E-state index contributed by atoms with van der Waals surface area (Å²) in [5.41, 5.74) is 5.28. The third kappa shape index (κ3) is 6.56. The van der Waals surface area contributed by atoms with Crippen LogP contribution in [0, 0.1) is 0 Å². The monoisotopic (exact) mass is 541 g/mol. The number of hydrogen-bond donors (Lipinski definition) is 2. The van der Waals surface area contributed by atoms with Gasteiger partial charge in [0.25, 0.3) is 0 Å². The van der Waals surface area contributed by atoms with Crippen molar-refractivity contribution in [2.45, 2.75) is 43.9 Å². The molecule has 188 valence electrons. The van der Waals surface area contributed by atoms with Gasteiger partial charge < -0.3 is 0 Å². The van der Waals surface area contributed by atoms with E-state index in [1.165, 1.54) is 6.42 Å². The van der Waals surface area contributed by atoms with Crippen LogP contribution >= 0.6 is 23.2 Å². The lowest BCUT2D eigenvalue weighted by molar-refractivity contribution is 0.581. The summed E-state index contributed by atoms with van der Waals surface area (Å²) in [6, 6.07) is 22.2. The van der Waals surface area contributed by atoms with Crippen molar-refractivity contribution in [1.29, 1.82) is 0 Å². The first-order chi connectivity index (χ1) is 17.4. The Bertz CT molecular complexity index is 1380. The summed E-state index contributed by atoms with van der Waals surface area (Å²) < 4.78 is 28.7. The van der Waals surface area contributed by atoms with Crippen molar-refractivity contribution in [3.8, 4) is 22.5 Å². The van der Waals surface area contributed by atoms with Crippen LogP contribution in [-0.4, -0.2) is 25.2 Å². The maximum atomic E-state index is 13.0. The van der Waals surface area contributed by atoms with Crippen LogP contribution in [0.2, 0.25) is 10.0 Å². The summed E-state index contributed by atoms with van der Waals surface area (Å²) >= 11 is 12.5. The highest BCUT2D eigenvalue weighted by atomic mass is 35.5. The summed E-state index contributed by atoms with van der Waals surface area (Å²) in [7, 11) is -3.65. The molecule has 8 heteroatoms. The molecule has 2 N–H and O–H groups in total. The van der Waals surface area contributed by atoms with Gasteiger partial charge in [-0.2, -0.15) is 5.10 Å². The van der Waals surface area contributed by atoms with Gasteiger partial charge in [0.05, 0.1) is 16.3 Å². The highest BCUT2D eigenvalue weighted by molar-refractivity contribution is 7.89. The Morgan fingerprint density at radius 1 is 0.861 bits per heavy atom. The van der Waals surface area contributed by atoms with Gasteiger partial charge in [0.1, 0.15) is 0 Å². The van der Waals surface area contributed by atoms with Crippen molar-refractivity contribution in [3.05, 3.63) is 94.0 Å². The van der Waals surface area contributed by atoms with E-state index in [1.807, 2.05) is 54.6 Å². The minimum Gasteiger partial charge on any atom is -0.277 e. The molecule has 3 aromatic carbocycles. The summed E-state index contributed by atoms with van der Waals surface area (Å²) in [6.07, 6.45) is 4.82. The van der Waals surface area contributed by atoms with Crippen LogP contribution in [0.15, 0.2) is 77.7 Å². The molecule has 0 saturated heterocycles. The number of aryl methyl sites for hydroxylation is 1. The van der Waals surface area contributed by atoms with Gasteiger partial charge in [-0.15, -0.1) is 0 Å². The molecule has 0 atom stereocenters. The van der Waals surface area contributed by atoms with Crippen LogP contribution in [0.1, 0.15) is 37.3 Å². The lowest BCUT2D eigenvalue weighted by Crippen LogP contribution is -2.26. The Hall–Kier alpha value is -2.64. The zero-order chi connectivity index (χ0) is 25.5. The second-order valence-electron chi connectivity index (χ2n) is 8.70. The number of halogens is 2. The van der Waals surface area contributed by atoms with Crippen LogP contribution in [0.4, 0.5) is 0 Å². The van der Waals surface area contributed by atoms with Gasteiger partial charge in [0.15, 0.2) is 0 Å². The number of hydrogen-bond acceptors (Lipinski definition) is 3. The molecular weight excluding hydrogens is 513 g/mol. The van der Waals surface area contributed by atoms with E-state index in [0.717, 1.165) is 52.9 Å². The topological polar surface area (TPSA) is 74.8 Å². The van der Waals surface area contributed by atoms with Crippen molar-refractivity contribution < 1.29 is 8.42 Å². The predicted octanol–water partition coefficient (Wildman–Crippen LogP) is 7.30. The summed E-state index contributed by atoms with van der Waals surface area (Å²) in [5.74, 6) is 0. The number of H-pyrrole nitrogens is 1. The molecule has 0 aliphatic carbocycles. The fraction of sp³-hybridized carbons (Fsp3) is 0.250. The summed E-state index contributed by atoms with van der Waals surface area (Å²) in [4.78, 5) is 0.263. The molecule has 0 fully saturated rings. The predicted molar refractivity (Wildman–Crippen MR) is 148 cm³/mol. The van der Waals surface area contributed by atoms with E-state index in [2.05, 4.69) is 21.8 Å². The molecular formula is C28H29Cl2N3O2S. The molecule has 0 aliphatic rings. The van der Waals surface area contributed by atoms with Gasteiger partial charge in [-0.25, -0.2) is 13.1 Å². The molecule has 36 heavy (non-hydrogen) atoms. The smallest absolute Gasteiger partial charge is 0.240 e. The molecule has 0 saturated carbocycles. The minimum absolute atomic E-state index is 0.210. The lowest BCUT2D eigenvalue weighted by Gasteiger charge is -2.10. The van der Waals surface area contributed by atoms with E-state index >= 15 is 0 Å².